The quantitative estimate of drug-likeness (QED) is 0.304. The molecule has 10 heteroatoms. The lowest BCUT2D eigenvalue weighted by Crippen LogP contribution is -2.18. The molecule has 2 aromatic rings. The van der Waals surface area contributed by atoms with Gasteiger partial charge in [0.15, 0.2) is 3.79 Å². The highest BCUT2D eigenvalue weighted by Gasteiger charge is 2.51. The number of aromatic nitrogens is 1. The number of epoxide rings is 1. The van der Waals surface area contributed by atoms with Gasteiger partial charge in [-0.2, -0.15) is 13.2 Å². The van der Waals surface area contributed by atoms with Crippen LogP contribution in [-0.2, 0) is 16.5 Å². The van der Waals surface area contributed by atoms with Gasteiger partial charge in [-0.25, -0.2) is 4.98 Å². The van der Waals surface area contributed by atoms with E-state index in [1.165, 1.54) is 0 Å². The van der Waals surface area contributed by atoms with Gasteiger partial charge in [0.2, 0.25) is 5.88 Å². The van der Waals surface area contributed by atoms with Crippen molar-refractivity contribution in [1.29, 1.82) is 0 Å². The van der Waals surface area contributed by atoms with Crippen molar-refractivity contribution in [1.82, 2.24) is 4.98 Å². The van der Waals surface area contributed by atoms with E-state index in [1.54, 1.807) is 24.3 Å². The average molecular weight is 447 g/mol. The van der Waals surface area contributed by atoms with Gasteiger partial charge in [-0.05, 0) is 23.8 Å². The van der Waals surface area contributed by atoms with E-state index in [9.17, 15) is 13.2 Å². The molecule has 0 aliphatic carbocycles. The van der Waals surface area contributed by atoms with Gasteiger partial charge < -0.3 is 9.47 Å². The van der Waals surface area contributed by atoms with Crippen molar-refractivity contribution in [2.45, 2.75) is 22.0 Å². The monoisotopic (exact) mass is 445 g/mol. The van der Waals surface area contributed by atoms with Crippen molar-refractivity contribution in [3.8, 4) is 11.6 Å². The maximum Gasteiger partial charge on any atom is 0.419 e. The van der Waals surface area contributed by atoms with Crippen molar-refractivity contribution in [2.24, 2.45) is 0 Å². The number of rotatable bonds is 4. The predicted octanol–water partition coefficient (Wildman–Crippen LogP) is 6.53. The molecule has 1 fully saturated rings. The van der Waals surface area contributed by atoms with Gasteiger partial charge in [0.05, 0.1) is 12.2 Å². The molecule has 140 valence electrons. The van der Waals surface area contributed by atoms with Crippen molar-refractivity contribution in [2.75, 3.05) is 6.61 Å². The van der Waals surface area contributed by atoms with E-state index in [-0.39, 0.29) is 12.3 Å². The molecule has 0 N–H and O–H groups in total. The third-order valence-corrected chi connectivity index (χ3v) is 4.38. The fraction of sp³-hybridized carbons (Fsp3) is 0.312. The number of halogens is 7. The summed E-state index contributed by atoms with van der Waals surface area (Å²) in [7, 11) is 0. The summed E-state index contributed by atoms with van der Waals surface area (Å²) < 4.78 is 47.6. The van der Waals surface area contributed by atoms with Crippen LogP contribution in [0.4, 0.5) is 13.2 Å². The smallest absolute Gasteiger partial charge is 0.419 e. The number of alkyl halides is 6. The molecule has 0 amide bonds. The van der Waals surface area contributed by atoms with E-state index >= 15 is 0 Å². The van der Waals surface area contributed by atoms with Crippen LogP contribution in [0.2, 0.25) is 5.15 Å². The lowest BCUT2D eigenvalue weighted by atomic mass is 9.97. The molecule has 0 radical (unpaired) electrons. The fourth-order valence-electron chi connectivity index (χ4n) is 2.43. The Hall–Kier alpha value is -0.920. The summed E-state index contributed by atoms with van der Waals surface area (Å²) in [6, 6.07) is 8.63. The van der Waals surface area contributed by atoms with Gasteiger partial charge in [-0.3, -0.25) is 0 Å². The minimum Gasteiger partial charge on any atom is -0.439 e. The first-order valence-corrected chi connectivity index (χ1v) is 8.73. The van der Waals surface area contributed by atoms with Crippen LogP contribution < -0.4 is 4.74 Å². The number of hydrogen-bond acceptors (Lipinski definition) is 3. The summed E-state index contributed by atoms with van der Waals surface area (Å²) in [6.45, 7) is 0.384. The van der Waals surface area contributed by atoms with Crippen LogP contribution in [-0.4, -0.2) is 15.4 Å². The molecule has 1 aliphatic rings. The molecule has 0 bridgehead atoms. The first-order chi connectivity index (χ1) is 12.0. The maximum absolute atomic E-state index is 12.7. The van der Waals surface area contributed by atoms with Gasteiger partial charge >= 0.3 is 6.18 Å². The highest BCUT2D eigenvalue weighted by Crippen LogP contribution is 2.50. The minimum absolute atomic E-state index is 0.0766. The molecule has 1 aromatic heterocycles. The van der Waals surface area contributed by atoms with Crippen molar-refractivity contribution >= 4 is 46.4 Å². The molecule has 0 spiro atoms. The Kier molecular flexibility index (Phi) is 5.27. The molecule has 1 unspecified atom stereocenters. The van der Waals surface area contributed by atoms with E-state index in [2.05, 4.69) is 4.98 Å². The van der Waals surface area contributed by atoms with Crippen molar-refractivity contribution in [3.63, 3.8) is 0 Å². The second kappa shape index (κ2) is 6.91. The highest BCUT2D eigenvalue weighted by molar-refractivity contribution is 6.67. The molecule has 1 aromatic carbocycles. The number of ether oxygens (including phenoxy) is 2. The van der Waals surface area contributed by atoms with E-state index < -0.39 is 26.3 Å². The summed E-state index contributed by atoms with van der Waals surface area (Å²) in [5.74, 6) is 0.261. The van der Waals surface area contributed by atoms with Crippen LogP contribution in [0.5, 0.6) is 11.6 Å². The zero-order valence-corrected chi connectivity index (χ0v) is 15.8. The normalized spacial score (nSPS) is 20.1. The largest absolute Gasteiger partial charge is 0.439 e. The molecular weight excluding hydrogens is 437 g/mol. The van der Waals surface area contributed by atoms with Crippen molar-refractivity contribution < 1.29 is 22.6 Å². The second-order valence-electron chi connectivity index (χ2n) is 5.69. The lowest BCUT2D eigenvalue weighted by molar-refractivity contribution is -0.137. The highest BCUT2D eigenvalue weighted by atomic mass is 35.6. The van der Waals surface area contributed by atoms with Gasteiger partial charge in [-0.15, -0.1) is 0 Å². The molecule has 1 atom stereocenters. The second-order valence-corrected chi connectivity index (χ2v) is 8.56. The summed E-state index contributed by atoms with van der Waals surface area (Å²) in [5.41, 5.74) is -1.04. The molecular formula is C16H10Cl4F3NO2. The van der Waals surface area contributed by atoms with Crippen LogP contribution in [0.25, 0.3) is 0 Å². The SMILES string of the molecule is FC(F)(F)c1ccc(Oc2cccc(C3(CC(Cl)(Cl)Cl)CO3)c2)nc1Cl. The van der Waals surface area contributed by atoms with Gasteiger partial charge in [0, 0.05) is 12.5 Å². The van der Waals surface area contributed by atoms with E-state index in [4.69, 9.17) is 55.9 Å². The minimum atomic E-state index is -4.59. The zero-order chi connectivity index (χ0) is 19.2. The number of nitrogens with zero attached hydrogens (tertiary/aromatic N) is 1. The Labute approximate surface area is 166 Å². The molecule has 2 heterocycles. The van der Waals surface area contributed by atoms with Crippen LogP contribution in [0.15, 0.2) is 36.4 Å². The first-order valence-electron chi connectivity index (χ1n) is 7.21. The van der Waals surface area contributed by atoms with Crippen LogP contribution in [0, 0.1) is 0 Å². The third kappa shape index (κ3) is 4.67. The Morgan fingerprint density at radius 3 is 2.38 bits per heavy atom. The molecule has 1 saturated heterocycles. The number of hydrogen-bond donors (Lipinski definition) is 0. The average Bonchev–Trinajstić information content (AvgIpc) is 3.25. The summed E-state index contributed by atoms with van der Waals surface area (Å²) >= 11 is 23.1. The van der Waals surface area contributed by atoms with E-state index in [0.29, 0.717) is 12.4 Å². The standard InChI is InChI=1S/C16H10Cl4F3NO2/c17-13-11(16(21,22)23)4-5-12(24-13)26-10-3-1-2-9(6-10)14(8-25-14)7-15(18,19)20/h1-6H,7-8H2. The Bertz CT molecular complexity index is 820. The van der Waals surface area contributed by atoms with Crippen molar-refractivity contribution in [3.05, 3.63) is 52.7 Å². The molecule has 3 nitrogen and oxygen atoms in total. The zero-order valence-electron chi connectivity index (χ0n) is 12.8. The van der Waals surface area contributed by atoms with Crippen LogP contribution in [0.1, 0.15) is 17.5 Å². The van der Waals surface area contributed by atoms with Gasteiger partial charge in [0.1, 0.15) is 16.5 Å². The Balaban J connectivity index is 1.81. The van der Waals surface area contributed by atoms with Gasteiger partial charge in [0.25, 0.3) is 0 Å². The van der Waals surface area contributed by atoms with E-state index in [1.807, 2.05) is 0 Å². The molecule has 1 aliphatic heterocycles. The van der Waals surface area contributed by atoms with Crippen LogP contribution in [0.3, 0.4) is 0 Å². The Morgan fingerprint density at radius 2 is 1.85 bits per heavy atom. The fourth-order valence-corrected chi connectivity index (χ4v) is 3.33. The number of benzene rings is 1. The molecule has 3 rings (SSSR count). The Morgan fingerprint density at radius 1 is 1.15 bits per heavy atom. The first kappa shape index (κ1) is 19.8. The van der Waals surface area contributed by atoms with Gasteiger partial charge in [-0.1, -0.05) is 58.5 Å². The summed E-state index contributed by atoms with van der Waals surface area (Å²) in [6.07, 6.45) is -4.44. The summed E-state index contributed by atoms with van der Waals surface area (Å²) in [5, 5.41) is -0.690. The van der Waals surface area contributed by atoms with Crippen LogP contribution >= 0.6 is 46.4 Å². The maximum atomic E-state index is 12.7. The summed E-state index contributed by atoms with van der Waals surface area (Å²) in [4.78, 5) is 3.63. The molecule has 26 heavy (non-hydrogen) atoms. The third-order valence-electron chi connectivity index (χ3n) is 3.69. The predicted molar refractivity (Wildman–Crippen MR) is 93.3 cm³/mol. The lowest BCUT2D eigenvalue weighted by Gasteiger charge is -2.18. The molecule has 0 saturated carbocycles. The topological polar surface area (TPSA) is 34.6 Å². The van der Waals surface area contributed by atoms with E-state index in [0.717, 1.165) is 17.7 Å². The number of pyridine rings is 1.